The second-order valence-corrected chi connectivity index (χ2v) is 8.25. The number of ether oxygens (including phenoxy) is 1. The minimum absolute atomic E-state index is 0.0991. The van der Waals surface area contributed by atoms with E-state index in [9.17, 15) is 27.6 Å². The summed E-state index contributed by atoms with van der Waals surface area (Å²) in [7, 11) is 3.58. The lowest BCUT2D eigenvalue weighted by atomic mass is 10.1. The number of amides is 3. The van der Waals surface area contributed by atoms with E-state index in [0.717, 1.165) is 12.1 Å². The lowest BCUT2D eigenvalue weighted by Crippen LogP contribution is -2.31. The van der Waals surface area contributed by atoms with Crippen LogP contribution in [0.2, 0.25) is 0 Å². The van der Waals surface area contributed by atoms with Crippen molar-refractivity contribution in [2.45, 2.75) is 13.1 Å². The van der Waals surface area contributed by atoms with E-state index in [0.29, 0.717) is 24.8 Å². The number of nitrogens with zero attached hydrogens (tertiary/aromatic N) is 3. The van der Waals surface area contributed by atoms with E-state index < -0.39 is 29.2 Å². The van der Waals surface area contributed by atoms with Crippen molar-refractivity contribution in [3.05, 3.63) is 64.3 Å². The molecule has 3 rings (SSSR count). The van der Waals surface area contributed by atoms with E-state index in [1.807, 2.05) is 0 Å². The van der Waals surface area contributed by atoms with E-state index in [2.05, 4.69) is 30.9 Å². The summed E-state index contributed by atoms with van der Waals surface area (Å²) in [4.78, 5) is 49.2. The van der Waals surface area contributed by atoms with E-state index in [4.69, 9.17) is 4.74 Å². The number of carbonyl (C=O) groups excluding carboxylic acids is 2. The zero-order valence-corrected chi connectivity index (χ0v) is 20.8. The summed E-state index contributed by atoms with van der Waals surface area (Å²) in [5.41, 5.74) is -1.38. The Hall–Kier alpha value is -4.46. The Morgan fingerprint density at radius 1 is 1.05 bits per heavy atom. The van der Waals surface area contributed by atoms with Crippen LogP contribution in [-0.4, -0.2) is 65.6 Å². The molecule has 0 aliphatic rings. The lowest BCUT2D eigenvalue weighted by Gasteiger charge is -2.14. The van der Waals surface area contributed by atoms with Gasteiger partial charge in [-0.05, 0) is 45.3 Å². The highest BCUT2D eigenvalue weighted by molar-refractivity contribution is 6.01. The number of carbonyl (C=O) groups is 2. The Balaban J connectivity index is 1.72. The molecule has 2 heterocycles. The molecule has 0 saturated heterocycles. The van der Waals surface area contributed by atoms with Crippen LogP contribution in [0.5, 0.6) is 5.75 Å². The monoisotopic (exact) mass is 533 g/mol. The topological polar surface area (TPSA) is 141 Å². The van der Waals surface area contributed by atoms with Crippen molar-refractivity contribution in [2.24, 2.45) is 0 Å². The van der Waals surface area contributed by atoms with Crippen molar-refractivity contribution in [3.8, 4) is 17.1 Å². The maximum atomic E-state index is 13.4. The van der Waals surface area contributed by atoms with E-state index in [-0.39, 0.29) is 35.1 Å². The third-order valence-electron chi connectivity index (χ3n) is 4.96. The zero-order chi connectivity index (χ0) is 27.9. The minimum atomic E-state index is -4.74. The number of pyridine rings is 1. The van der Waals surface area contributed by atoms with Gasteiger partial charge in [0.1, 0.15) is 0 Å². The molecule has 4 N–H and O–H groups in total. The van der Waals surface area contributed by atoms with Gasteiger partial charge in [-0.2, -0.15) is 13.2 Å². The Morgan fingerprint density at radius 3 is 2.37 bits per heavy atom. The normalized spacial score (nSPS) is 11.2. The second kappa shape index (κ2) is 12.2. The van der Waals surface area contributed by atoms with Gasteiger partial charge in [-0.25, -0.2) is 14.8 Å². The molecule has 0 bridgehead atoms. The van der Waals surface area contributed by atoms with E-state index in [1.54, 1.807) is 25.9 Å². The van der Waals surface area contributed by atoms with Crippen molar-refractivity contribution in [3.63, 3.8) is 0 Å². The third-order valence-corrected chi connectivity index (χ3v) is 4.96. The molecule has 0 spiro atoms. The molecule has 0 aliphatic carbocycles. The van der Waals surface area contributed by atoms with Gasteiger partial charge in [0.05, 0.1) is 30.3 Å². The first-order valence-corrected chi connectivity index (χ1v) is 11.4. The van der Waals surface area contributed by atoms with Gasteiger partial charge in [-0.3, -0.25) is 9.59 Å². The zero-order valence-electron chi connectivity index (χ0n) is 20.8. The van der Waals surface area contributed by atoms with Gasteiger partial charge in [0.2, 0.25) is 0 Å². The van der Waals surface area contributed by atoms with E-state index in [1.165, 1.54) is 24.7 Å². The average Bonchev–Trinajstić information content (AvgIpc) is 2.85. The summed E-state index contributed by atoms with van der Waals surface area (Å²) < 4.78 is 45.5. The van der Waals surface area contributed by atoms with Crippen molar-refractivity contribution >= 4 is 23.3 Å². The van der Waals surface area contributed by atoms with Crippen LogP contribution in [-0.2, 0) is 6.18 Å². The summed E-state index contributed by atoms with van der Waals surface area (Å²) in [6, 6.07) is 3.18. The van der Waals surface area contributed by atoms with Gasteiger partial charge in [0.15, 0.2) is 11.6 Å². The molecule has 1 aromatic carbocycles. The van der Waals surface area contributed by atoms with Crippen LogP contribution >= 0.6 is 0 Å². The quantitative estimate of drug-likeness (QED) is 0.331. The molecular weight excluding hydrogens is 507 g/mol. The number of nitrogens with one attached hydrogen (secondary N) is 4. The molecule has 0 saturated carbocycles. The summed E-state index contributed by atoms with van der Waals surface area (Å²) in [5, 5.41) is 7.26. The number of rotatable bonds is 9. The highest BCUT2D eigenvalue weighted by atomic mass is 19.4. The van der Waals surface area contributed by atoms with Crippen molar-refractivity contribution < 1.29 is 27.5 Å². The predicted octanol–water partition coefficient (Wildman–Crippen LogP) is 3.18. The Kier molecular flexibility index (Phi) is 9.02. The van der Waals surface area contributed by atoms with Crippen LogP contribution in [0.3, 0.4) is 0 Å². The number of H-pyrrole nitrogens is 1. The molecule has 0 aliphatic heterocycles. The van der Waals surface area contributed by atoms with Crippen LogP contribution in [0.15, 0.2) is 47.7 Å². The van der Waals surface area contributed by atoms with Gasteiger partial charge >= 0.3 is 12.2 Å². The smallest absolute Gasteiger partial charge is 0.416 e. The number of alkyl halides is 3. The first-order chi connectivity index (χ1) is 18.0. The number of aromatic nitrogens is 3. The fourth-order valence-corrected chi connectivity index (χ4v) is 3.18. The summed E-state index contributed by atoms with van der Waals surface area (Å²) >= 11 is 0. The van der Waals surface area contributed by atoms with Gasteiger partial charge in [-0.15, -0.1) is 0 Å². The maximum Gasteiger partial charge on any atom is 0.416 e. The van der Waals surface area contributed by atoms with Crippen LogP contribution in [0.4, 0.5) is 29.3 Å². The van der Waals surface area contributed by atoms with Crippen molar-refractivity contribution in [1.29, 1.82) is 0 Å². The van der Waals surface area contributed by atoms with Crippen LogP contribution < -0.4 is 26.2 Å². The number of hydrogen-bond acceptors (Lipinski definition) is 7. The fourth-order valence-electron chi connectivity index (χ4n) is 3.18. The summed E-state index contributed by atoms with van der Waals surface area (Å²) in [6.45, 7) is 2.75. The van der Waals surface area contributed by atoms with Gasteiger partial charge < -0.3 is 30.6 Å². The molecule has 0 radical (unpaired) electrons. The minimum Gasteiger partial charge on any atom is -0.488 e. The summed E-state index contributed by atoms with van der Waals surface area (Å²) in [6.07, 6.45) is -0.769. The molecule has 11 nitrogen and oxygen atoms in total. The predicted molar refractivity (Wildman–Crippen MR) is 134 cm³/mol. The third kappa shape index (κ3) is 7.77. The molecule has 202 valence electrons. The highest BCUT2D eigenvalue weighted by Crippen LogP contribution is 2.32. The first-order valence-electron chi connectivity index (χ1n) is 11.4. The van der Waals surface area contributed by atoms with E-state index >= 15 is 0 Å². The first kappa shape index (κ1) is 28.1. The molecule has 3 amide bonds. The maximum absolute atomic E-state index is 13.4. The number of anilines is 2. The molecule has 2 aromatic heterocycles. The lowest BCUT2D eigenvalue weighted by molar-refractivity contribution is -0.137. The Labute approximate surface area is 215 Å². The van der Waals surface area contributed by atoms with Crippen molar-refractivity contribution in [1.82, 2.24) is 25.2 Å². The highest BCUT2D eigenvalue weighted by Gasteiger charge is 2.32. The SMILES string of the molecule is CCOc1cc(-c2ncc(NC(=O)Nc3cc(C(=O)NCCN(C)C)cc(C(F)(F)F)c3)cn2)c[nH]c1=O. The number of halogens is 3. The average molecular weight is 534 g/mol. The Bertz CT molecular complexity index is 1340. The summed E-state index contributed by atoms with van der Waals surface area (Å²) in [5.74, 6) is -0.377. The molecule has 0 unspecified atom stereocenters. The van der Waals surface area contributed by atoms with Crippen LogP contribution in [0, 0.1) is 0 Å². The number of hydrogen-bond donors (Lipinski definition) is 4. The van der Waals surface area contributed by atoms with Gasteiger partial charge in [-0.1, -0.05) is 0 Å². The number of likely N-dealkylation sites (N-methyl/N-ethyl adjacent to an activating group) is 1. The van der Waals surface area contributed by atoms with Crippen molar-refractivity contribution in [2.75, 3.05) is 44.4 Å². The molecule has 38 heavy (non-hydrogen) atoms. The second-order valence-electron chi connectivity index (χ2n) is 8.25. The van der Waals surface area contributed by atoms with Gasteiger partial charge in [0.25, 0.3) is 11.5 Å². The molecule has 14 heteroatoms. The molecule has 3 aromatic rings. The largest absolute Gasteiger partial charge is 0.488 e. The van der Waals surface area contributed by atoms with Crippen LogP contribution in [0.25, 0.3) is 11.4 Å². The number of benzene rings is 1. The standard InChI is InChI=1S/C24H26F3N7O4/c1-4-38-19-9-15(11-31-22(19)36)20-29-12-18(13-30-20)33-23(37)32-17-8-14(7-16(10-17)24(25,26)27)21(35)28-5-6-34(2)3/h7-13H,4-6H2,1-3H3,(H,28,35)(H,31,36)(H2,32,33,37). The molecular formula is C24H26F3N7O4. The van der Waals surface area contributed by atoms with Crippen LogP contribution in [0.1, 0.15) is 22.8 Å². The Morgan fingerprint density at radius 2 is 1.74 bits per heavy atom. The van der Waals surface area contributed by atoms with Gasteiger partial charge in [0, 0.05) is 36.1 Å². The molecule has 0 atom stereocenters. The fraction of sp³-hybridized carbons (Fsp3) is 0.292. The number of aromatic amines is 1. The molecule has 0 fully saturated rings. The number of urea groups is 1.